The molecule has 0 unspecified atom stereocenters. The second-order valence-corrected chi connectivity index (χ2v) is 9.43. The maximum absolute atomic E-state index is 14.1. The number of halogens is 2. The summed E-state index contributed by atoms with van der Waals surface area (Å²) in [5.74, 6) is 3.82. The summed E-state index contributed by atoms with van der Waals surface area (Å²) in [6.45, 7) is 9.07. The molecule has 0 saturated carbocycles. The number of rotatable bonds is 7. The molecule has 2 N–H and O–H groups in total. The number of alkyl halides is 2. The second-order valence-electron chi connectivity index (χ2n) is 9.43. The molecule has 0 radical (unpaired) electrons. The lowest BCUT2D eigenvalue weighted by Gasteiger charge is -2.16. The van der Waals surface area contributed by atoms with Crippen molar-refractivity contribution in [2.75, 3.05) is 12.4 Å². The van der Waals surface area contributed by atoms with Gasteiger partial charge < -0.3 is 15.0 Å². The van der Waals surface area contributed by atoms with E-state index in [0.29, 0.717) is 17.3 Å². The van der Waals surface area contributed by atoms with Crippen LogP contribution in [0.3, 0.4) is 0 Å². The number of carbonyl (C=O) groups excluding carboxylic acids is 1. The van der Waals surface area contributed by atoms with Crippen LogP contribution in [0.4, 0.5) is 14.5 Å². The zero-order valence-electron chi connectivity index (χ0n) is 22.9. The molecule has 5 nitrogen and oxygen atoms in total. The molecule has 39 heavy (non-hydrogen) atoms. The lowest BCUT2D eigenvalue weighted by Crippen LogP contribution is -2.15. The van der Waals surface area contributed by atoms with Crippen LogP contribution >= 0.6 is 0 Å². The molecule has 0 atom stereocenters. The lowest BCUT2D eigenvalue weighted by atomic mass is 9.92. The van der Waals surface area contributed by atoms with E-state index in [2.05, 4.69) is 39.3 Å². The summed E-state index contributed by atoms with van der Waals surface area (Å²) < 4.78 is 34.0. The van der Waals surface area contributed by atoms with Crippen molar-refractivity contribution in [1.29, 1.82) is 0 Å². The van der Waals surface area contributed by atoms with Crippen LogP contribution in [0, 0.1) is 32.6 Å². The number of nitrogens with one attached hydrogen (secondary N) is 2. The fourth-order valence-electron chi connectivity index (χ4n) is 4.69. The maximum Gasteiger partial charge on any atom is 0.276 e. The predicted octanol–water partition coefficient (Wildman–Crippen LogP) is 7.80. The topological polar surface area (TPSA) is 67.0 Å². The first kappa shape index (κ1) is 27.6. The van der Waals surface area contributed by atoms with Crippen molar-refractivity contribution in [2.24, 2.45) is 0 Å². The number of ether oxygens (including phenoxy) is 1. The smallest absolute Gasteiger partial charge is 0.276 e. The number of carbonyl (C=O) groups is 1. The Morgan fingerprint density at radius 1 is 1.08 bits per heavy atom. The van der Waals surface area contributed by atoms with Gasteiger partial charge in [0.05, 0.1) is 7.11 Å². The number of aromatic amines is 1. The van der Waals surface area contributed by atoms with E-state index in [0.717, 1.165) is 33.4 Å². The van der Waals surface area contributed by atoms with E-state index >= 15 is 0 Å². The van der Waals surface area contributed by atoms with Crippen LogP contribution in [0.5, 0.6) is 5.75 Å². The van der Waals surface area contributed by atoms with Gasteiger partial charge in [0, 0.05) is 40.1 Å². The van der Waals surface area contributed by atoms with Gasteiger partial charge in [-0.1, -0.05) is 25.0 Å². The van der Waals surface area contributed by atoms with Crippen LogP contribution in [0.2, 0.25) is 0 Å². The molecule has 1 amide bonds. The molecule has 4 rings (SSSR count). The van der Waals surface area contributed by atoms with E-state index < -0.39 is 11.8 Å². The second kappa shape index (κ2) is 11.1. The van der Waals surface area contributed by atoms with Gasteiger partial charge in [0.25, 0.3) is 11.8 Å². The molecule has 0 bridgehead atoms. The summed E-state index contributed by atoms with van der Waals surface area (Å²) in [4.78, 5) is 20.8. The van der Waals surface area contributed by atoms with Crippen LogP contribution in [-0.2, 0) is 5.92 Å². The number of aromatic nitrogens is 2. The number of nitrogens with zero attached hydrogens (tertiary/aromatic N) is 1. The Bertz CT molecular complexity index is 1590. The van der Waals surface area contributed by atoms with Gasteiger partial charge in [-0.3, -0.25) is 4.79 Å². The van der Waals surface area contributed by atoms with Crippen LogP contribution in [0.15, 0.2) is 54.6 Å². The van der Waals surface area contributed by atoms with Gasteiger partial charge in [-0.2, -0.15) is 0 Å². The summed E-state index contributed by atoms with van der Waals surface area (Å²) in [6.07, 6.45) is -0.327. The van der Waals surface area contributed by atoms with Crippen molar-refractivity contribution >= 4 is 11.6 Å². The lowest BCUT2D eigenvalue weighted by molar-refractivity contribution is -0.00824. The van der Waals surface area contributed by atoms with Crippen molar-refractivity contribution in [2.45, 2.75) is 47.0 Å². The molecule has 0 aliphatic rings. The zero-order valence-corrected chi connectivity index (χ0v) is 22.9. The minimum atomic E-state index is -2.97. The summed E-state index contributed by atoms with van der Waals surface area (Å²) in [5, 5.41) is 2.70. The third-order valence-electron chi connectivity index (χ3n) is 6.63. The first-order valence-electron chi connectivity index (χ1n) is 12.7. The normalized spacial score (nSPS) is 11.1. The van der Waals surface area contributed by atoms with Gasteiger partial charge in [0.15, 0.2) is 0 Å². The van der Waals surface area contributed by atoms with Crippen molar-refractivity contribution < 1.29 is 18.3 Å². The molecule has 4 aromatic rings. The molecular weight excluding hydrogens is 496 g/mol. The minimum absolute atomic E-state index is 0.145. The van der Waals surface area contributed by atoms with E-state index in [1.807, 2.05) is 39.0 Å². The van der Waals surface area contributed by atoms with Crippen molar-refractivity contribution in [3.05, 3.63) is 88.2 Å². The average Bonchev–Trinajstić information content (AvgIpc) is 3.30. The first-order valence-corrected chi connectivity index (χ1v) is 12.7. The fourth-order valence-corrected chi connectivity index (χ4v) is 4.69. The Morgan fingerprint density at radius 3 is 2.44 bits per heavy atom. The van der Waals surface area contributed by atoms with Gasteiger partial charge in [0.1, 0.15) is 17.3 Å². The summed E-state index contributed by atoms with van der Waals surface area (Å²) >= 11 is 0. The minimum Gasteiger partial charge on any atom is -0.496 e. The molecule has 0 aliphatic heterocycles. The van der Waals surface area contributed by atoms with Gasteiger partial charge >= 0.3 is 0 Å². The number of hydrogen-bond donors (Lipinski definition) is 2. The zero-order chi connectivity index (χ0) is 28.3. The van der Waals surface area contributed by atoms with E-state index in [4.69, 9.17) is 4.74 Å². The molecule has 0 spiro atoms. The standard InChI is InChI=1S/C32H31F2N3O2/c1-7-10-22-15-19(3)28(20(4)16-22)26-17-23(13-14-27(26)39-6)30-35-21(5)29(37-30)31(38)36-25-12-9-11-24(18-25)32(33,34)8-2/h9,11-18H,8H2,1-6H3,(H,35,37)(H,36,38). The monoisotopic (exact) mass is 527 g/mol. The van der Waals surface area contributed by atoms with E-state index in [1.54, 1.807) is 20.1 Å². The number of methoxy groups -OCH3 is 1. The third kappa shape index (κ3) is 5.70. The number of amides is 1. The van der Waals surface area contributed by atoms with Crippen molar-refractivity contribution in [3.63, 3.8) is 0 Å². The largest absolute Gasteiger partial charge is 0.496 e. The Morgan fingerprint density at radius 2 is 1.79 bits per heavy atom. The Hall–Kier alpha value is -4.44. The SMILES string of the molecule is CC#Cc1cc(C)c(-c2cc(-c3nc(C(=O)Nc4cccc(C(F)(F)CC)c4)c(C)[nH]3)ccc2OC)c(C)c1. The highest BCUT2D eigenvalue weighted by atomic mass is 19.3. The molecule has 0 fully saturated rings. The maximum atomic E-state index is 14.1. The molecule has 3 aromatic carbocycles. The van der Waals surface area contributed by atoms with Gasteiger partial charge in [-0.15, -0.1) is 5.92 Å². The summed E-state index contributed by atoms with van der Waals surface area (Å²) in [6, 6.07) is 15.6. The highest BCUT2D eigenvalue weighted by Gasteiger charge is 2.29. The average molecular weight is 528 g/mol. The fraction of sp³-hybridized carbons (Fsp3) is 0.250. The molecule has 1 aromatic heterocycles. The third-order valence-corrected chi connectivity index (χ3v) is 6.63. The molecule has 200 valence electrons. The van der Waals surface area contributed by atoms with E-state index in [-0.39, 0.29) is 23.4 Å². The number of benzene rings is 3. The summed E-state index contributed by atoms with van der Waals surface area (Å²) in [5.41, 5.74) is 6.67. The Labute approximate surface area is 227 Å². The van der Waals surface area contributed by atoms with Crippen LogP contribution in [0.1, 0.15) is 58.7 Å². The van der Waals surface area contributed by atoms with E-state index in [1.165, 1.54) is 25.1 Å². The first-order chi connectivity index (χ1) is 18.6. The van der Waals surface area contributed by atoms with Crippen molar-refractivity contribution in [3.8, 4) is 40.1 Å². The van der Waals surface area contributed by atoms with Gasteiger partial charge in [-0.25, -0.2) is 13.8 Å². The van der Waals surface area contributed by atoms with Crippen molar-refractivity contribution in [1.82, 2.24) is 9.97 Å². The highest BCUT2D eigenvalue weighted by Crippen LogP contribution is 2.38. The molecule has 0 aliphatic carbocycles. The Kier molecular flexibility index (Phi) is 7.87. The summed E-state index contributed by atoms with van der Waals surface area (Å²) in [7, 11) is 1.63. The van der Waals surface area contributed by atoms with E-state index in [9.17, 15) is 13.6 Å². The number of hydrogen-bond acceptors (Lipinski definition) is 3. The van der Waals surface area contributed by atoms with Crippen LogP contribution < -0.4 is 10.1 Å². The number of imidazole rings is 1. The molecule has 0 saturated heterocycles. The molecule has 1 heterocycles. The molecule has 7 heteroatoms. The number of aryl methyl sites for hydroxylation is 3. The highest BCUT2D eigenvalue weighted by molar-refractivity contribution is 6.04. The van der Waals surface area contributed by atoms with Crippen LogP contribution in [-0.4, -0.2) is 23.0 Å². The van der Waals surface area contributed by atoms with Crippen LogP contribution in [0.25, 0.3) is 22.5 Å². The molecular formula is C32H31F2N3O2. The Balaban J connectivity index is 1.68. The quantitative estimate of drug-likeness (QED) is 0.241. The van der Waals surface area contributed by atoms with Gasteiger partial charge in [0.2, 0.25) is 0 Å². The predicted molar refractivity (Wildman–Crippen MR) is 151 cm³/mol. The number of H-pyrrole nitrogens is 1. The number of anilines is 1. The van der Waals surface area contributed by atoms with Gasteiger partial charge in [-0.05, 0) is 86.8 Å².